The van der Waals surface area contributed by atoms with E-state index in [0.717, 1.165) is 18.2 Å². The maximum atomic E-state index is 13.0. The van der Waals surface area contributed by atoms with Crippen LogP contribution in [0.3, 0.4) is 0 Å². The van der Waals surface area contributed by atoms with Crippen molar-refractivity contribution in [2.24, 2.45) is 0 Å². The summed E-state index contributed by atoms with van der Waals surface area (Å²) in [5.41, 5.74) is 0.418. The molecular weight excluding hydrogens is 336 g/mol. The predicted molar refractivity (Wildman–Crippen MR) is 71.5 cm³/mol. The number of nitro groups is 1. The molecule has 0 N–H and O–H groups in total. The van der Waals surface area contributed by atoms with Gasteiger partial charge in [-0.1, -0.05) is 6.07 Å². The van der Waals surface area contributed by atoms with Crippen molar-refractivity contribution in [3.8, 4) is 5.75 Å². The van der Waals surface area contributed by atoms with Crippen molar-refractivity contribution >= 4 is 21.6 Å². The van der Waals surface area contributed by atoms with Crippen LogP contribution in [0, 0.1) is 21.7 Å². The molecule has 0 fully saturated rings. The van der Waals surface area contributed by atoms with E-state index >= 15 is 0 Å². The van der Waals surface area contributed by atoms with Crippen LogP contribution < -0.4 is 4.74 Å². The summed E-state index contributed by atoms with van der Waals surface area (Å²) < 4.78 is 31.5. The first-order chi connectivity index (χ1) is 9.45. The Labute approximate surface area is 121 Å². The van der Waals surface area contributed by atoms with Gasteiger partial charge in [-0.25, -0.2) is 8.78 Å². The maximum Gasteiger partial charge on any atom is 0.283 e. The molecule has 0 saturated heterocycles. The molecule has 7 heteroatoms. The third-order valence-corrected chi connectivity index (χ3v) is 3.12. The number of nitrogens with zero attached hydrogens (tertiary/aromatic N) is 1. The topological polar surface area (TPSA) is 52.4 Å². The Hall–Kier alpha value is -2.02. The number of ether oxygens (including phenoxy) is 1. The van der Waals surface area contributed by atoms with Gasteiger partial charge in [0.15, 0.2) is 0 Å². The van der Waals surface area contributed by atoms with E-state index in [2.05, 4.69) is 15.9 Å². The van der Waals surface area contributed by atoms with E-state index in [-0.39, 0.29) is 18.0 Å². The fourth-order valence-corrected chi connectivity index (χ4v) is 1.96. The second kappa shape index (κ2) is 5.96. The van der Waals surface area contributed by atoms with E-state index in [1.54, 1.807) is 6.07 Å². The van der Waals surface area contributed by atoms with Gasteiger partial charge in [-0.2, -0.15) is 0 Å². The second-order valence-corrected chi connectivity index (χ2v) is 4.79. The third kappa shape index (κ3) is 3.51. The molecule has 4 nitrogen and oxygen atoms in total. The summed E-state index contributed by atoms with van der Waals surface area (Å²) in [6.07, 6.45) is 0. The van der Waals surface area contributed by atoms with Gasteiger partial charge in [-0.15, -0.1) is 0 Å². The van der Waals surface area contributed by atoms with Crippen molar-refractivity contribution in [2.75, 3.05) is 0 Å². The van der Waals surface area contributed by atoms with Crippen LogP contribution in [0.2, 0.25) is 0 Å². The van der Waals surface area contributed by atoms with Gasteiger partial charge in [0.2, 0.25) is 0 Å². The molecule has 2 aromatic carbocycles. The molecular formula is C13H8BrF2NO3. The largest absolute Gasteiger partial charge is 0.489 e. The first-order valence-electron chi connectivity index (χ1n) is 5.47. The SMILES string of the molecule is O=[N+]([O-])c1cc(COc2cc(F)cc(F)c2)ccc1Br. The summed E-state index contributed by atoms with van der Waals surface area (Å²) in [4.78, 5) is 10.2. The lowest BCUT2D eigenvalue weighted by molar-refractivity contribution is -0.385. The number of halogens is 3. The molecule has 0 aliphatic rings. The number of hydrogen-bond acceptors (Lipinski definition) is 3. The van der Waals surface area contributed by atoms with Gasteiger partial charge in [0, 0.05) is 24.3 Å². The van der Waals surface area contributed by atoms with Crippen LogP contribution >= 0.6 is 15.9 Å². The van der Waals surface area contributed by atoms with Gasteiger partial charge in [0.25, 0.3) is 5.69 Å². The number of nitro benzene ring substituents is 1. The Kier molecular flexibility index (Phi) is 4.29. The Balaban J connectivity index is 2.14. The molecule has 0 unspecified atom stereocenters. The molecule has 0 spiro atoms. The summed E-state index contributed by atoms with van der Waals surface area (Å²) in [5.74, 6) is -1.48. The minimum absolute atomic E-state index is 0.0214. The van der Waals surface area contributed by atoms with Crippen LogP contribution in [0.15, 0.2) is 40.9 Å². The fraction of sp³-hybridized carbons (Fsp3) is 0.0769. The van der Waals surface area contributed by atoms with Gasteiger partial charge in [-0.3, -0.25) is 10.1 Å². The Morgan fingerprint density at radius 3 is 2.40 bits per heavy atom. The zero-order chi connectivity index (χ0) is 14.7. The number of benzene rings is 2. The lowest BCUT2D eigenvalue weighted by atomic mass is 10.2. The van der Waals surface area contributed by atoms with Crippen LogP contribution in [0.5, 0.6) is 5.75 Å². The number of hydrogen-bond donors (Lipinski definition) is 0. The molecule has 0 atom stereocenters. The monoisotopic (exact) mass is 343 g/mol. The first kappa shape index (κ1) is 14.4. The third-order valence-electron chi connectivity index (χ3n) is 2.45. The molecule has 2 rings (SSSR count). The van der Waals surface area contributed by atoms with Gasteiger partial charge >= 0.3 is 0 Å². The van der Waals surface area contributed by atoms with E-state index in [0.29, 0.717) is 10.0 Å². The smallest absolute Gasteiger partial charge is 0.283 e. The quantitative estimate of drug-likeness (QED) is 0.617. The highest BCUT2D eigenvalue weighted by Gasteiger charge is 2.12. The zero-order valence-electron chi connectivity index (χ0n) is 9.98. The van der Waals surface area contributed by atoms with E-state index < -0.39 is 16.6 Å². The second-order valence-electron chi connectivity index (χ2n) is 3.94. The zero-order valence-corrected chi connectivity index (χ0v) is 11.6. The van der Waals surface area contributed by atoms with Crippen molar-refractivity contribution in [3.05, 3.63) is 68.2 Å². The molecule has 20 heavy (non-hydrogen) atoms. The molecule has 0 aromatic heterocycles. The molecule has 0 radical (unpaired) electrons. The van der Waals surface area contributed by atoms with Gasteiger partial charge in [0.1, 0.15) is 24.0 Å². The van der Waals surface area contributed by atoms with Crippen molar-refractivity contribution in [1.82, 2.24) is 0 Å². The standard InChI is InChI=1S/C13H8BrF2NO3/c14-12-2-1-8(3-13(12)17(18)19)7-20-11-5-9(15)4-10(16)6-11/h1-6H,7H2. The Morgan fingerprint density at radius 2 is 1.80 bits per heavy atom. The van der Waals surface area contributed by atoms with E-state index in [9.17, 15) is 18.9 Å². The van der Waals surface area contributed by atoms with Gasteiger partial charge in [-0.05, 0) is 27.6 Å². The van der Waals surface area contributed by atoms with Crippen LogP contribution in [0.4, 0.5) is 14.5 Å². The predicted octanol–water partition coefficient (Wildman–Crippen LogP) is 4.21. The Morgan fingerprint density at radius 1 is 1.15 bits per heavy atom. The molecule has 0 bridgehead atoms. The summed E-state index contributed by atoms with van der Waals surface area (Å²) in [6.45, 7) is -0.0307. The van der Waals surface area contributed by atoms with Crippen LogP contribution in [-0.4, -0.2) is 4.92 Å². The Bertz CT molecular complexity index is 644. The molecule has 0 amide bonds. The molecule has 2 aromatic rings. The van der Waals surface area contributed by atoms with Crippen molar-refractivity contribution in [3.63, 3.8) is 0 Å². The normalized spacial score (nSPS) is 10.3. The van der Waals surface area contributed by atoms with Crippen LogP contribution in [0.1, 0.15) is 5.56 Å². The summed E-state index contributed by atoms with van der Waals surface area (Å²) in [6, 6.07) is 7.28. The minimum Gasteiger partial charge on any atom is -0.489 e. The summed E-state index contributed by atoms with van der Waals surface area (Å²) in [7, 11) is 0. The highest BCUT2D eigenvalue weighted by molar-refractivity contribution is 9.10. The summed E-state index contributed by atoms with van der Waals surface area (Å²) in [5, 5.41) is 10.8. The number of rotatable bonds is 4. The van der Waals surface area contributed by atoms with E-state index in [1.165, 1.54) is 12.1 Å². The molecule has 0 saturated carbocycles. The van der Waals surface area contributed by atoms with E-state index in [4.69, 9.17) is 4.74 Å². The van der Waals surface area contributed by atoms with E-state index in [1.807, 2.05) is 0 Å². The van der Waals surface area contributed by atoms with Crippen LogP contribution in [-0.2, 0) is 6.61 Å². The summed E-state index contributed by atoms with van der Waals surface area (Å²) >= 11 is 3.06. The molecule has 0 aliphatic carbocycles. The fourth-order valence-electron chi connectivity index (χ4n) is 1.57. The average molecular weight is 344 g/mol. The lowest BCUT2D eigenvalue weighted by Gasteiger charge is -2.07. The molecule has 0 heterocycles. The highest BCUT2D eigenvalue weighted by atomic mass is 79.9. The first-order valence-corrected chi connectivity index (χ1v) is 6.27. The van der Waals surface area contributed by atoms with Gasteiger partial charge < -0.3 is 4.74 Å². The van der Waals surface area contributed by atoms with Gasteiger partial charge in [0.05, 0.1) is 9.40 Å². The molecule has 0 aliphatic heterocycles. The molecule has 104 valence electrons. The lowest BCUT2D eigenvalue weighted by Crippen LogP contribution is -1.98. The van der Waals surface area contributed by atoms with Crippen molar-refractivity contribution in [2.45, 2.75) is 6.61 Å². The average Bonchev–Trinajstić information content (AvgIpc) is 2.36. The van der Waals surface area contributed by atoms with Crippen LogP contribution in [0.25, 0.3) is 0 Å². The van der Waals surface area contributed by atoms with Crippen molar-refractivity contribution in [1.29, 1.82) is 0 Å². The minimum atomic E-state index is -0.748. The van der Waals surface area contributed by atoms with Crippen molar-refractivity contribution < 1.29 is 18.4 Å². The highest BCUT2D eigenvalue weighted by Crippen LogP contribution is 2.26. The maximum absolute atomic E-state index is 13.0.